The van der Waals surface area contributed by atoms with Gasteiger partial charge in [-0.05, 0) is 24.1 Å². The minimum atomic E-state index is -0.663. The summed E-state index contributed by atoms with van der Waals surface area (Å²) >= 11 is 7.62. The van der Waals surface area contributed by atoms with Gasteiger partial charge < -0.3 is 20.5 Å². The zero-order chi connectivity index (χ0) is 23.7. The number of rotatable bonds is 1. The summed E-state index contributed by atoms with van der Waals surface area (Å²) in [6.45, 7) is 2.51. The maximum absolute atomic E-state index is 15.9. The molecule has 1 fully saturated rings. The van der Waals surface area contributed by atoms with Crippen LogP contribution in [0.5, 0.6) is 0 Å². The average Bonchev–Trinajstić information content (AvgIpc) is 3.34. The van der Waals surface area contributed by atoms with Crippen molar-refractivity contribution >= 4 is 54.8 Å². The number of nitriles is 1. The summed E-state index contributed by atoms with van der Waals surface area (Å²) in [5, 5.41) is 14.1. The number of aromatic nitrogens is 1. The van der Waals surface area contributed by atoms with Gasteiger partial charge in [0.2, 0.25) is 0 Å². The number of aryl methyl sites for hydroxylation is 1. The van der Waals surface area contributed by atoms with Gasteiger partial charge in [-0.15, -0.1) is 11.3 Å². The lowest BCUT2D eigenvalue weighted by Gasteiger charge is -2.38. The highest BCUT2D eigenvalue weighted by Crippen LogP contribution is 2.46. The van der Waals surface area contributed by atoms with Gasteiger partial charge in [0.05, 0.1) is 26.4 Å². The first-order valence-corrected chi connectivity index (χ1v) is 12.0. The van der Waals surface area contributed by atoms with E-state index in [1.165, 1.54) is 18.2 Å². The van der Waals surface area contributed by atoms with E-state index >= 15 is 4.39 Å². The van der Waals surface area contributed by atoms with Crippen LogP contribution in [0.3, 0.4) is 0 Å². The van der Waals surface area contributed by atoms with Crippen molar-refractivity contribution in [1.29, 1.82) is 5.26 Å². The number of carbonyl (C=O) groups is 1. The molecule has 4 heterocycles. The van der Waals surface area contributed by atoms with Gasteiger partial charge in [0.1, 0.15) is 22.7 Å². The van der Waals surface area contributed by atoms with E-state index in [1.54, 1.807) is 11.1 Å². The van der Waals surface area contributed by atoms with Gasteiger partial charge >= 0.3 is 0 Å². The maximum Gasteiger partial charge on any atom is 0.256 e. The van der Waals surface area contributed by atoms with Crippen molar-refractivity contribution in [2.24, 2.45) is 0 Å². The number of anilines is 1. The molecule has 4 aromatic rings. The Bertz CT molecular complexity index is 1570. The van der Waals surface area contributed by atoms with E-state index < -0.39 is 11.6 Å². The molecule has 2 aliphatic heterocycles. The molecule has 10 heteroatoms. The molecule has 3 N–H and O–H groups in total. The van der Waals surface area contributed by atoms with E-state index in [1.807, 2.05) is 10.6 Å². The number of carbonyl (C=O) groups excluding carboxylic acids is 1. The molecule has 0 aliphatic carbocycles. The van der Waals surface area contributed by atoms with Crippen LogP contribution in [0.15, 0.2) is 24.4 Å². The first kappa shape index (κ1) is 21.4. The number of piperazine rings is 1. The Morgan fingerprint density at radius 1 is 1.21 bits per heavy atom. The van der Waals surface area contributed by atoms with Crippen LogP contribution in [0.1, 0.15) is 22.3 Å². The van der Waals surface area contributed by atoms with E-state index in [0.717, 1.165) is 17.8 Å². The first-order valence-electron chi connectivity index (χ1n) is 10.8. The fraction of sp³-hybridized carbons (Fsp3) is 0.250. The highest BCUT2D eigenvalue weighted by atomic mass is 35.5. The second-order valence-corrected chi connectivity index (χ2v) is 10.0. The zero-order valence-electron chi connectivity index (χ0n) is 17.8. The number of hydrogen-bond acceptors (Lipinski definition) is 5. The molecule has 6 rings (SSSR count). The van der Waals surface area contributed by atoms with E-state index in [0.29, 0.717) is 42.6 Å². The van der Waals surface area contributed by atoms with Crippen LogP contribution in [0.2, 0.25) is 5.02 Å². The number of nitrogen functional groups attached to an aromatic ring is 1. The Balaban J connectivity index is 1.69. The minimum absolute atomic E-state index is 0.0112. The molecule has 1 unspecified atom stereocenters. The van der Waals surface area contributed by atoms with E-state index in [9.17, 15) is 14.4 Å². The normalized spacial score (nSPS) is 18.1. The fourth-order valence-corrected chi connectivity index (χ4v) is 6.53. The van der Waals surface area contributed by atoms with Crippen molar-refractivity contribution in [3.8, 4) is 17.2 Å². The van der Waals surface area contributed by atoms with Crippen LogP contribution < -0.4 is 11.1 Å². The van der Waals surface area contributed by atoms with Crippen LogP contribution in [0, 0.1) is 23.0 Å². The van der Waals surface area contributed by atoms with Crippen LogP contribution in [-0.4, -0.2) is 41.1 Å². The molecular formula is C24H18ClF2N5OS. The predicted molar refractivity (Wildman–Crippen MR) is 129 cm³/mol. The lowest BCUT2D eigenvalue weighted by molar-refractivity contribution is 0.0615. The number of amides is 1. The monoisotopic (exact) mass is 497 g/mol. The number of benzene rings is 2. The smallest absolute Gasteiger partial charge is 0.256 e. The third-order valence-electron chi connectivity index (χ3n) is 6.79. The van der Waals surface area contributed by atoms with Crippen LogP contribution in [-0.2, 0) is 6.54 Å². The Hall–Kier alpha value is -3.19. The molecule has 0 saturated carbocycles. The largest absolute Gasteiger partial charge is 0.389 e. The number of thiophene rings is 1. The van der Waals surface area contributed by atoms with Crippen LogP contribution in [0.4, 0.5) is 13.8 Å². The summed E-state index contributed by atoms with van der Waals surface area (Å²) in [4.78, 5) is 15.4. The number of halogens is 3. The number of nitrogens with zero attached hydrogens (tertiary/aromatic N) is 3. The van der Waals surface area contributed by atoms with Crippen molar-refractivity contribution < 1.29 is 13.6 Å². The number of nitrogens with two attached hydrogens (primary N) is 1. The van der Waals surface area contributed by atoms with Gasteiger partial charge in [-0.3, -0.25) is 4.79 Å². The summed E-state index contributed by atoms with van der Waals surface area (Å²) in [6.07, 6.45) is 2.44. The van der Waals surface area contributed by atoms with Crippen molar-refractivity contribution in [2.45, 2.75) is 19.0 Å². The van der Waals surface area contributed by atoms with Crippen LogP contribution >= 0.6 is 22.9 Å². The van der Waals surface area contributed by atoms with E-state index in [2.05, 4.69) is 5.32 Å². The van der Waals surface area contributed by atoms with Crippen molar-refractivity contribution in [1.82, 2.24) is 14.8 Å². The van der Waals surface area contributed by atoms with Crippen molar-refractivity contribution in [3.63, 3.8) is 0 Å². The Labute approximate surface area is 202 Å². The second kappa shape index (κ2) is 7.67. The minimum Gasteiger partial charge on any atom is -0.389 e. The summed E-state index contributed by atoms with van der Waals surface area (Å²) in [5.74, 6) is -1.44. The lowest BCUT2D eigenvalue weighted by Crippen LogP contribution is -2.54. The molecule has 6 nitrogen and oxygen atoms in total. The quantitative estimate of drug-likeness (QED) is 0.398. The van der Waals surface area contributed by atoms with E-state index in [-0.39, 0.29) is 48.7 Å². The third-order valence-corrected chi connectivity index (χ3v) is 8.10. The summed E-state index contributed by atoms with van der Waals surface area (Å²) in [7, 11) is 0. The summed E-state index contributed by atoms with van der Waals surface area (Å²) in [6, 6.07) is 5.95. The Kier molecular flexibility index (Phi) is 4.81. The molecule has 1 saturated heterocycles. The number of fused-ring (bicyclic) bond motifs is 2. The third kappa shape index (κ3) is 2.89. The van der Waals surface area contributed by atoms with Gasteiger partial charge in [-0.2, -0.15) is 5.26 Å². The summed E-state index contributed by atoms with van der Waals surface area (Å²) in [5.41, 5.74) is 7.33. The lowest BCUT2D eigenvalue weighted by atomic mass is 9.93. The molecule has 0 spiro atoms. The molecule has 0 radical (unpaired) electrons. The number of hydrogen-bond donors (Lipinski definition) is 2. The molecule has 1 amide bonds. The van der Waals surface area contributed by atoms with Gasteiger partial charge in [0.25, 0.3) is 5.91 Å². The van der Waals surface area contributed by atoms with Crippen molar-refractivity contribution in [2.75, 3.05) is 25.4 Å². The van der Waals surface area contributed by atoms with Crippen LogP contribution in [0.25, 0.3) is 32.1 Å². The molecule has 1 atom stereocenters. The Morgan fingerprint density at radius 2 is 2.03 bits per heavy atom. The highest BCUT2D eigenvalue weighted by Gasteiger charge is 2.34. The molecule has 172 valence electrons. The first-order chi connectivity index (χ1) is 16.4. The Morgan fingerprint density at radius 3 is 2.82 bits per heavy atom. The zero-order valence-corrected chi connectivity index (χ0v) is 19.4. The van der Waals surface area contributed by atoms with E-state index in [4.69, 9.17) is 17.3 Å². The molecule has 34 heavy (non-hydrogen) atoms. The van der Waals surface area contributed by atoms with Crippen molar-refractivity contribution in [3.05, 3.63) is 52.2 Å². The topological polar surface area (TPSA) is 87.1 Å². The standard InChI is InChI=1S/C24H18ClF2N5OS/c25-15-10-31-5-3-11-9-30-4-6-32(11)24(33)13-7-17(27)19(20(15)21(13)31)12-1-2-16(26)22-18(12)14(8-28)23(29)34-22/h1-2,7,10-11,30H,3-6,9,29H2. The second-order valence-electron chi connectivity index (χ2n) is 8.57. The maximum atomic E-state index is 15.9. The molecule has 0 bridgehead atoms. The number of nitrogens with one attached hydrogen (secondary N) is 1. The summed E-state index contributed by atoms with van der Waals surface area (Å²) < 4.78 is 32.6. The predicted octanol–water partition coefficient (Wildman–Crippen LogP) is 4.73. The highest BCUT2D eigenvalue weighted by molar-refractivity contribution is 7.23. The molecule has 2 aliphatic rings. The molecular weight excluding hydrogens is 480 g/mol. The van der Waals surface area contributed by atoms with Gasteiger partial charge in [-0.25, -0.2) is 8.78 Å². The SMILES string of the molecule is N#Cc1c(N)sc2c(F)ccc(-c3c(F)cc4c5c3c(Cl)cn5CCC3CNCCN3C4=O)c12. The van der Waals surface area contributed by atoms with Gasteiger partial charge in [-0.1, -0.05) is 17.7 Å². The molecule has 2 aromatic carbocycles. The van der Waals surface area contributed by atoms with Gasteiger partial charge in [0, 0.05) is 54.8 Å². The average molecular weight is 498 g/mol. The van der Waals surface area contributed by atoms with Gasteiger partial charge in [0.15, 0.2) is 0 Å². The fourth-order valence-electron chi connectivity index (χ4n) is 5.28. The molecule has 2 aromatic heterocycles.